The van der Waals surface area contributed by atoms with Crippen LogP contribution in [0.3, 0.4) is 0 Å². The van der Waals surface area contributed by atoms with Gasteiger partial charge < -0.3 is 10.2 Å². The second-order valence-corrected chi connectivity index (χ2v) is 5.85. The lowest BCUT2D eigenvalue weighted by atomic mass is 10.2. The number of hydrogen-bond acceptors (Lipinski definition) is 4. The summed E-state index contributed by atoms with van der Waals surface area (Å²) in [6.07, 6.45) is 5.05. The Labute approximate surface area is 116 Å². The Bertz CT molecular complexity index is 398. The largest absolute Gasteiger partial charge is 0.368 e. The molecule has 2 aliphatic rings. The van der Waals surface area contributed by atoms with Crippen molar-refractivity contribution in [2.24, 2.45) is 0 Å². The molecule has 1 N–H and O–H groups in total. The summed E-state index contributed by atoms with van der Waals surface area (Å²) in [5, 5.41) is 3.45. The molecule has 0 bridgehead atoms. The zero-order valence-electron chi connectivity index (χ0n) is 10.5. The zero-order chi connectivity index (χ0) is 12.4. The van der Waals surface area contributed by atoms with E-state index in [1.807, 2.05) is 12.4 Å². The van der Waals surface area contributed by atoms with Crippen molar-refractivity contribution in [1.82, 2.24) is 15.2 Å². The van der Waals surface area contributed by atoms with Crippen LogP contribution in [0, 0.1) is 0 Å². The molecule has 0 amide bonds. The highest BCUT2D eigenvalue weighted by Crippen LogP contribution is 2.26. The number of piperazine rings is 1. The van der Waals surface area contributed by atoms with E-state index >= 15 is 0 Å². The highest BCUT2D eigenvalue weighted by Gasteiger charge is 2.26. The summed E-state index contributed by atoms with van der Waals surface area (Å²) in [7, 11) is 0. The molecule has 5 heteroatoms. The lowest BCUT2D eigenvalue weighted by molar-refractivity contribution is 0.196. The first-order chi connectivity index (χ1) is 8.84. The van der Waals surface area contributed by atoms with Gasteiger partial charge in [0.15, 0.2) is 0 Å². The fourth-order valence-electron chi connectivity index (χ4n) is 2.90. The minimum atomic E-state index is 0.757. The van der Waals surface area contributed by atoms with Crippen LogP contribution in [0.1, 0.15) is 6.42 Å². The smallest absolute Gasteiger partial charge is 0.0592 e. The van der Waals surface area contributed by atoms with Crippen LogP contribution in [0.2, 0.25) is 0 Å². The minimum Gasteiger partial charge on any atom is -0.368 e. The average Bonchev–Trinajstić information content (AvgIpc) is 2.94. The molecule has 0 radical (unpaired) electrons. The number of hydrogen-bond donors (Lipinski definition) is 1. The molecular weight excluding hydrogens is 292 g/mol. The first-order valence-electron chi connectivity index (χ1n) is 6.64. The monoisotopic (exact) mass is 310 g/mol. The summed E-state index contributed by atoms with van der Waals surface area (Å²) >= 11 is 3.59. The molecule has 18 heavy (non-hydrogen) atoms. The van der Waals surface area contributed by atoms with Crippen molar-refractivity contribution in [3.8, 4) is 0 Å². The Morgan fingerprint density at radius 3 is 2.78 bits per heavy atom. The maximum absolute atomic E-state index is 4.13. The lowest BCUT2D eigenvalue weighted by Gasteiger charge is -2.39. The molecule has 1 unspecified atom stereocenters. The predicted octanol–water partition coefficient (Wildman–Crippen LogP) is 1.33. The molecular formula is C13H19BrN4. The van der Waals surface area contributed by atoms with Gasteiger partial charge in [0.05, 0.1) is 10.2 Å². The molecule has 0 aromatic carbocycles. The number of rotatable bonds is 2. The molecule has 3 rings (SSSR count). The fourth-order valence-corrected chi connectivity index (χ4v) is 3.40. The Morgan fingerprint density at radius 2 is 2.11 bits per heavy atom. The van der Waals surface area contributed by atoms with Crippen molar-refractivity contribution in [2.45, 2.75) is 12.5 Å². The van der Waals surface area contributed by atoms with E-state index in [2.05, 4.69) is 42.1 Å². The molecule has 2 fully saturated rings. The van der Waals surface area contributed by atoms with Gasteiger partial charge in [-0.3, -0.25) is 9.88 Å². The molecule has 0 spiro atoms. The van der Waals surface area contributed by atoms with Crippen molar-refractivity contribution in [2.75, 3.05) is 44.2 Å². The molecule has 98 valence electrons. The number of pyridine rings is 1. The number of nitrogens with zero attached hydrogens (tertiary/aromatic N) is 3. The van der Waals surface area contributed by atoms with Crippen LogP contribution in [0.5, 0.6) is 0 Å². The second kappa shape index (κ2) is 5.55. The summed E-state index contributed by atoms with van der Waals surface area (Å²) in [6, 6.07) is 2.85. The van der Waals surface area contributed by atoms with Gasteiger partial charge in [-0.25, -0.2) is 0 Å². The van der Waals surface area contributed by atoms with E-state index in [4.69, 9.17) is 0 Å². The van der Waals surface area contributed by atoms with Gasteiger partial charge in [0.2, 0.25) is 0 Å². The summed E-state index contributed by atoms with van der Waals surface area (Å²) < 4.78 is 1.10. The standard InChI is InChI=1S/C13H19BrN4/c14-12-10-16-4-2-13(12)18-7-5-17(6-8-18)11-1-3-15-9-11/h2,4,10-11,15H,1,3,5-9H2. The Hall–Kier alpha value is -0.650. The van der Waals surface area contributed by atoms with Gasteiger partial charge in [-0.2, -0.15) is 0 Å². The van der Waals surface area contributed by atoms with Crippen molar-refractivity contribution >= 4 is 21.6 Å². The van der Waals surface area contributed by atoms with Gasteiger partial charge in [-0.05, 0) is 35.0 Å². The van der Waals surface area contributed by atoms with Crippen molar-refractivity contribution < 1.29 is 0 Å². The van der Waals surface area contributed by atoms with E-state index in [9.17, 15) is 0 Å². The van der Waals surface area contributed by atoms with Crippen LogP contribution < -0.4 is 10.2 Å². The van der Waals surface area contributed by atoms with Crippen LogP contribution in [-0.4, -0.2) is 55.2 Å². The quantitative estimate of drug-likeness (QED) is 0.893. The lowest BCUT2D eigenvalue weighted by Crippen LogP contribution is -2.51. The molecule has 1 aromatic rings. The summed E-state index contributed by atoms with van der Waals surface area (Å²) in [5.74, 6) is 0. The van der Waals surface area contributed by atoms with Crippen LogP contribution in [0.4, 0.5) is 5.69 Å². The van der Waals surface area contributed by atoms with Gasteiger partial charge in [-0.15, -0.1) is 0 Å². The number of aromatic nitrogens is 1. The van der Waals surface area contributed by atoms with Gasteiger partial charge in [0.25, 0.3) is 0 Å². The third-order valence-corrected chi connectivity index (χ3v) is 4.57. The third kappa shape index (κ3) is 2.53. The first kappa shape index (κ1) is 12.4. The van der Waals surface area contributed by atoms with Crippen LogP contribution in [0.15, 0.2) is 22.9 Å². The summed E-state index contributed by atoms with van der Waals surface area (Å²) in [6.45, 7) is 6.90. The van der Waals surface area contributed by atoms with E-state index in [-0.39, 0.29) is 0 Å². The van der Waals surface area contributed by atoms with Crippen molar-refractivity contribution in [3.05, 3.63) is 22.9 Å². The van der Waals surface area contributed by atoms with Gasteiger partial charge in [-0.1, -0.05) is 0 Å². The predicted molar refractivity (Wildman–Crippen MR) is 77.0 cm³/mol. The minimum absolute atomic E-state index is 0.757. The summed E-state index contributed by atoms with van der Waals surface area (Å²) in [5.41, 5.74) is 1.27. The number of halogens is 1. The second-order valence-electron chi connectivity index (χ2n) is 5.00. The Balaban J connectivity index is 1.61. The molecule has 1 atom stereocenters. The molecule has 4 nitrogen and oxygen atoms in total. The van der Waals surface area contributed by atoms with Gasteiger partial charge >= 0.3 is 0 Å². The van der Waals surface area contributed by atoms with Crippen LogP contribution >= 0.6 is 15.9 Å². The molecule has 0 saturated carbocycles. The fraction of sp³-hybridized carbons (Fsp3) is 0.615. The Kier molecular flexibility index (Phi) is 3.82. The van der Waals surface area contributed by atoms with E-state index in [0.717, 1.165) is 23.6 Å². The highest BCUT2D eigenvalue weighted by atomic mass is 79.9. The topological polar surface area (TPSA) is 31.4 Å². The number of nitrogens with one attached hydrogen (secondary N) is 1. The maximum Gasteiger partial charge on any atom is 0.0592 e. The van der Waals surface area contributed by atoms with E-state index in [1.54, 1.807) is 0 Å². The van der Waals surface area contributed by atoms with Crippen LogP contribution in [-0.2, 0) is 0 Å². The highest BCUT2D eigenvalue weighted by molar-refractivity contribution is 9.10. The SMILES string of the molecule is Brc1cnccc1N1CCN(C2CCNC2)CC1. The molecule has 0 aliphatic carbocycles. The van der Waals surface area contributed by atoms with Gasteiger partial charge in [0.1, 0.15) is 0 Å². The molecule has 3 heterocycles. The van der Waals surface area contributed by atoms with E-state index in [0.29, 0.717) is 0 Å². The molecule has 2 saturated heterocycles. The zero-order valence-corrected chi connectivity index (χ0v) is 12.1. The van der Waals surface area contributed by atoms with Crippen molar-refractivity contribution in [3.63, 3.8) is 0 Å². The van der Waals surface area contributed by atoms with Crippen LogP contribution in [0.25, 0.3) is 0 Å². The average molecular weight is 311 g/mol. The molecule has 2 aliphatic heterocycles. The normalized spacial score (nSPS) is 25.6. The van der Waals surface area contributed by atoms with E-state index < -0.39 is 0 Å². The first-order valence-corrected chi connectivity index (χ1v) is 7.43. The van der Waals surface area contributed by atoms with Gasteiger partial charge in [0, 0.05) is 51.2 Å². The van der Waals surface area contributed by atoms with E-state index in [1.165, 1.54) is 38.3 Å². The number of anilines is 1. The maximum atomic E-state index is 4.13. The third-order valence-electron chi connectivity index (χ3n) is 3.96. The summed E-state index contributed by atoms with van der Waals surface area (Å²) in [4.78, 5) is 9.21. The molecule has 1 aromatic heterocycles. The Morgan fingerprint density at radius 1 is 1.28 bits per heavy atom. The van der Waals surface area contributed by atoms with Crippen molar-refractivity contribution in [1.29, 1.82) is 0 Å².